The molecular formula is C20H19N5O3. The minimum absolute atomic E-state index is 0.0119. The second-order valence-electron chi connectivity index (χ2n) is 6.68. The first-order valence-corrected chi connectivity index (χ1v) is 8.89. The highest BCUT2D eigenvalue weighted by Gasteiger charge is 2.19. The minimum Gasteiger partial charge on any atom is -0.339 e. The molecule has 8 heteroatoms. The van der Waals surface area contributed by atoms with E-state index in [1.807, 2.05) is 37.3 Å². The van der Waals surface area contributed by atoms with Crippen LogP contribution in [-0.2, 0) is 11.2 Å². The number of anilines is 2. The molecule has 0 aliphatic carbocycles. The Hall–Kier alpha value is -3.68. The van der Waals surface area contributed by atoms with Crippen LogP contribution in [-0.4, -0.2) is 22.1 Å². The third kappa shape index (κ3) is 3.71. The monoisotopic (exact) mass is 377 g/mol. The van der Waals surface area contributed by atoms with Crippen molar-refractivity contribution in [2.24, 2.45) is 0 Å². The highest BCUT2D eigenvalue weighted by Crippen LogP contribution is 2.26. The average molecular weight is 377 g/mol. The van der Waals surface area contributed by atoms with E-state index in [0.29, 0.717) is 23.8 Å². The maximum absolute atomic E-state index is 12.4. The molecular weight excluding hydrogens is 358 g/mol. The number of carbonyl (C=O) groups excluding carboxylic acids is 2. The summed E-state index contributed by atoms with van der Waals surface area (Å²) in [5, 5.41) is 12.4. The van der Waals surface area contributed by atoms with Gasteiger partial charge in [0.25, 0.3) is 0 Å². The number of hydrogen-bond donors (Lipinski definition) is 3. The van der Waals surface area contributed by atoms with Gasteiger partial charge in [-0.3, -0.25) is 4.79 Å². The van der Waals surface area contributed by atoms with Crippen molar-refractivity contribution < 1.29 is 14.1 Å². The molecule has 1 atom stereocenters. The second kappa shape index (κ2) is 7.15. The summed E-state index contributed by atoms with van der Waals surface area (Å²) < 4.78 is 4.99. The molecule has 28 heavy (non-hydrogen) atoms. The van der Waals surface area contributed by atoms with Crippen LogP contribution in [0.3, 0.4) is 0 Å². The van der Waals surface area contributed by atoms with E-state index in [-0.39, 0.29) is 18.0 Å². The summed E-state index contributed by atoms with van der Waals surface area (Å²) in [4.78, 5) is 28.1. The van der Waals surface area contributed by atoms with Crippen molar-refractivity contribution in [3.8, 4) is 11.4 Å². The summed E-state index contributed by atoms with van der Waals surface area (Å²) >= 11 is 0. The number of nitrogens with zero attached hydrogens (tertiary/aromatic N) is 2. The lowest BCUT2D eigenvalue weighted by Gasteiger charge is -2.16. The summed E-state index contributed by atoms with van der Waals surface area (Å²) in [6, 6.07) is 12.4. The number of rotatable bonds is 4. The molecule has 1 aliphatic heterocycles. The van der Waals surface area contributed by atoms with Gasteiger partial charge in [0.1, 0.15) is 0 Å². The topological polar surface area (TPSA) is 109 Å². The number of hydrogen-bond acceptors (Lipinski definition) is 5. The fourth-order valence-corrected chi connectivity index (χ4v) is 3.12. The van der Waals surface area contributed by atoms with Gasteiger partial charge in [0.2, 0.25) is 17.6 Å². The third-order valence-corrected chi connectivity index (χ3v) is 4.51. The lowest BCUT2D eigenvalue weighted by Crippen LogP contribution is -2.31. The van der Waals surface area contributed by atoms with Crippen LogP contribution < -0.4 is 16.0 Å². The van der Waals surface area contributed by atoms with Crippen LogP contribution in [0.25, 0.3) is 11.4 Å². The number of aromatic nitrogens is 2. The van der Waals surface area contributed by atoms with Gasteiger partial charge in [-0.15, -0.1) is 0 Å². The predicted octanol–water partition coefficient (Wildman–Crippen LogP) is 3.42. The van der Waals surface area contributed by atoms with Crippen molar-refractivity contribution in [3.05, 3.63) is 59.5 Å². The van der Waals surface area contributed by atoms with E-state index in [0.717, 1.165) is 22.4 Å². The Morgan fingerprint density at radius 3 is 2.89 bits per heavy atom. The minimum atomic E-state index is -0.330. The molecule has 1 unspecified atom stereocenters. The fourth-order valence-electron chi connectivity index (χ4n) is 3.12. The van der Waals surface area contributed by atoms with Crippen LogP contribution >= 0.6 is 0 Å². The summed E-state index contributed by atoms with van der Waals surface area (Å²) in [6.07, 6.45) is 0.366. The van der Waals surface area contributed by atoms with Gasteiger partial charge in [-0.1, -0.05) is 29.4 Å². The van der Waals surface area contributed by atoms with Crippen molar-refractivity contribution >= 4 is 23.3 Å². The zero-order valence-corrected chi connectivity index (χ0v) is 15.4. The van der Waals surface area contributed by atoms with Gasteiger partial charge in [0.15, 0.2) is 0 Å². The van der Waals surface area contributed by atoms with E-state index in [1.54, 1.807) is 19.1 Å². The van der Waals surface area contributed by atoms with E-state index >= 15 is 0 Å². The summed E-state index contributed by atoms with van der Waals surface area (Å²) in [5.41, 5.74) is 4.08. The van der Waals surface area contributed by atoms with Gasteiger partial charge < -0.3 is 20.5 Å². The van der Waals surface area contributed by atoms with E-state index in [2.05, 4.69) is 26.1 Å². The summed E-state index contributed by atoms with van der Waals surface area (Å²) in [6.45, 7) is 3.61. The lowest BCUT2D eigenvalue weighted by atomic mass is 10.0. The Labute approximate surface area is 161 Å². The molecule has 0 saturated carbocycles. The van der Waals surface area contributed by atoms with Crippen LogP contribution in [0, 0.1) is 6.92 Å². The standard InChI is InChI=1S/C20H19N5O3/c1-11(13-6-7-17-15(8-13)10-18(26)24-17)21-20(27)23-16-5-3-4-14(9-16)19-22-12(2)28-25-19/h3-9,11H,10H2,1-2H3,(H,24,26)(H2,21,23,27). The molecule has 2 heterocycles. The number of nitrogens with one attached hydrogen (secondary N) is 3. The first-order chi connectivity index (χ1) is 13.5. The highest BCUT2D eigenvalue weighted by atomic mass is 16.5. The SMILES string of the molecule is Cc1nc(-c2cccc(NC(=O)NC(C)c3ccc4c(c3)CC(=O)N4)c2)no1. The van der Waals surface area contributed by atoms with Gasteiger partial charge in [0, 0.05) is 23.9 Å². The van der Waals surface area contributed by atoms with Crippen LogP contribution in [0.1, 0.15) is 30.0 Å². The van der Waals surface area contributed by atoms with Crippen LogP contribution in [0.2, 0.25) is 0 Å². The van der Waals surface area contributed by atoms with Gasteiger partial charge >= 0.3 is 6.03 Å². The molecule has 0 radical (unpaired) electrons. The zero-order chi connectivity index (χ0) is 19.7. The number of carbonyl (C=O) groups is 2. The first kappa shape index (κ1) is 17.7. The summed E-state index contributed by atoms with van der Waals surface area (Å²) in [5.74, 6) is 0.935. The van der Waals surface area contributed by atoms with Crippen molar-refractivity contribution in [3.63, 3.8) is 0 Å². The summed E-state index contributed by atoms with van der Waals surface area (Å²) in [7, 11) is 0. The van der Waals surface area contributed by atoms with E-state index in [1.165, 1.54) is 0 Å². The maximum Gasteiger partial charge on any atom is 0.319 e. The smallest absolute Gasteiger partial charge is 0.319 e. The fraction of sp³-hybridized carbons (Fsp3) is 0.200. The number of aryl methyl sites for hydroxylation is 1. The van der Waals surface area contributed by atoms with Crippen LogP contribution in [0.4, 0.5) is 16.2 Å². The predicted molar refractivity (Wildman–Crippen MR) is 104 cm³/mol. The number of amides is 3. The van der Waals surface area contributed by atoms with Crippen molar-refractivity contribution in [2.45, 2.75) is 26.3 Å². The molecule has 2 aromatic carbocycles. The largest absolute Gasteiger partial charge is 0.339 e. The Kier molecular flexibility index (Phi) is 4.52. The lowest BCUT2D eigenvalue weighted by molar-refractivity contribution is -0.115. The second-order valence-corrected chi connectivity index (χ2v) is 6.68. The zero-order valence-electron chi connectivity index (χ0n) is 15.4. The maximum atomic E-state index is 12.4. The third-order valence-electron chi connectivity index (χ3n) is 4.51. The van der Waals surface area contributed by atoms with Crippen molar-refractivity contribution in [1.82, 2.24) is 15.5 Å². The average Bonchev–Trinajstić information content (AvgIpc) is 3.25. The number of fused-ring (bicyclic) bond motifs is 1. The molecule has 0 spiro atoms. The van der Waals surface area contributed by atoms with Gasteiger partial charge in [-0.05, 0) is 36.2 Å². The molecule has 3 N–H and O–H groups in total. The Morgan fingerprint density at radius 2 is 2.11 bits per heavy atom. The van der Waals surface area contributed by atoms with E-state index in [9.17, 15) is 9.59 Å². The molecule has 142 valence electrons. The Balaban J connectivity index is 1.42. The molecule has 0 saturated heterocycles. The molecule has 4 rings (SSSR count). The van der Waals surface area contributed by atoms with Gasteiger partial charge in [-0.2, -0.15) is 4.98 Å². The van der Waals surface area contributed by atoms with Crippen LogP contribution in [0.15, 0.2) is 47.0 Å². The number of urea groups is 1. The quantitative estimate of drug-likeness (QED) is 0.645. The van der Waals surface area contributed by atoms with Gasteiger partial charge in [0.05, 0.1) is 12.5 Å². The molecule has 0 fully saturated rings. The van der Waals surface area contributed by atoms with E-state index < -0.39 is 0 Å². The van der Waals surface area contributed by atoms with E-state index in [4.69, 9.17) is 4.52 Å². The van der Waals surface area contributed by atoms with Crippen LogP contribution in [0.5, 0.6) is 0 Å². The molecule has 1 aliphatic rings. The van der Waals surface area contributed by atoms with Crippen molar-refractivity contribution in [2.75, 3.05) is 10.6 Å². The molecule has 0 bridgehead atoms. The Bertz CT molecular complexity index is 1060. The molecule has 1 aromatic heterocycles. The van der Waals surface area contributed by atoms with Gasteiger partial charge in [-0.25, -0.2) is 4.79 Å². The molecule has 8 nitrogen and oxygen atoms in total. The number of benzene rings is 2. The Morgan fingerprint density at radius 1 is 1.25 bits per heavy atom. The van der Waals surface area contributed by atoms with Crippen molar-refractivity contribution in [1.29, 1.82) is 0 Å². The molecule has 3 amide bonds. The highest BCUT2D eigenvalue weighted by molar-refractivity contribution is 5.99. The normalized spacial score (nSPS) is 13.6. The first-order valence-electron chi connectivity index (χ1n) is 8.89. The molecule has 3 aromatic rings.